The number of hydrogen-bond acceptors (Lipinski definition) is 4. The smallest absolute Gasteiger partial charge is 0.128 e. The summed E-state index contributed by atoms with van der Waals surface area (Å²) in [6.07, 6.45) is 0. The highest BCUT2D eigenvalue weighted by atomic mass is 16.5. The van der Waals surface area contributed by atoms with Crippen LogP contribution < -0.4 is 14.8 Å². The first-order chi connectivity index (χ1) is 12.7. The van der Waals surface area contributed by atoms with Gasteiger partial charge in [0.2, 0.25) is 0 Å². The van der Waals surface area contributed by atoms with Gasteiger partial charge in [0.25, 0.3) is 0 Å². The van der Waals surface area contributed by atoms with E-state index in [9.17, 15) is 0 Å². The number of nitrogens with one attached hydrogen (secondary N) is 1. The standard InChI is InChI=1S/C22H18N2O2/c1-25-16-11-18-17-5-3-4-6-19(17)24-22(21(18)20(12-16)26-2)15-9-7-14(13-23)8-10-15/h3-12,22,24H,1-2H3/t22-/m0/s1. The quantitative estimate of drug-likeness (QED) is 0.746. The molecule has 0 bridgehead atoms. The molecule has 0 spiro atoms. The minimum atomic E-state index is -0.0755. The van der Waals surface area contributed by atoms with Crippen LogP contribution in [0.4, 0.5) is 5.69 Å². The molecule has 1 atom stereocenters. The van der Waals surface area contributed by atoms with Crippen molar-refractivity contribution in [2.45, 2.75) is 6.04 Å². The SMILES string of the molecule is COc1cc(OC)c2c(c1)-c1ccccc1N[C@H]2c1ccc(C#N)cc1. The molecule has 4 heteroatoms. The molecule has 0 aliphatic carbocycles. The Morgan fingerprint density at radius 1 is 0.923 bits per heavy atom. The van der Waals surface area contributed by atoms with Crippen molar-refractivity contribution in [2.24, 2.45) is 0 Å². The van der Waals surface area contributed by atoms with E-state index in [0.717, 1.165) is 39.4 Å². The predicted molar refractivity (Wildman–Crippen MR) is 102 cm³/mol. The molecule has 0 aromatic heterocycles. The number of hydrogen-bond donors (Lipinski definition) is 1. The molecule has 128 valence electrons. The molecule has 1 aliphatic rings. The molecule has 1 heterocycles. The average molecular weight is 342 g/mol. The summed E-state index contributed by atoms with van der Waals surface area (Å²) in [6, 6.07) is 21.9. The van der Waals surface area contributed by atoms with Crippen molar-refractivity contribution >= 4 is 5.69 Å². The molecular formula is C22H18N2O2. The highest BCUT2D eigenvalue weighted by Crippen LogP contribution is 2.48. The van der Waals surface area contributed by atoms with Crippen molar-refractivity contribution in [2.75, 3.05) is 19.5 Å². The molecule has 4 nitrogen and oxygen atoms in total. The zero-order chi connectivity index (χ0) is 18.1. The van der Waals surface area contributed by atoms with Gasteiger partial charge < -0.3 is 14.8 Å². The Balaban J connectivity index is 1.95. The van der Waals surface area contributed by atoms with Crippen LogP contribution in [-0.4, -0.2) is 14.2 Å². The van der Waals surface area contributed by atoms with E-state index in [0.29, 0.717) is 5.56 Å². The third-order valence-electron chi connectivity index (χ3n) is 4.75. The van der Waals surface area contributed by atoms with Gasteiger partial charge in [-0.05, 0) is 35.4 Å². The second-order valence-corrected chi connectivity index (χ2v) is 6.15. The molecule has 4 rings (SSSR count). The van der Waals surface area contributed by atoms with E-state index in [1.807, 2.05) is 48.5 Å². The number of ether oxygens (including phenoxy) is 2. The largest absolute Gasteiger partial charge is 0.497 e. The number of para-hydroxylation sites is 1. The monoisotopic (exact) mass is 342 g/mol. The Morgan fingerprint density at radius 2 is 1.69 bits per heavy atom. The van der Waals surface area contributed by atoms with Crippen LogP contribution in [0.15, 0.2) is 60.7 Å². The second-order valence-electron chi connectivity index (χ2n) is 6.15. The van der Waals surface area contributed by atoms with Crippen LogP contribution >= 0.6 is 0 Å². The number of nitrogens with zero attached hydrogens (tertiary/aromatic N) is 1. The number of benzene rings is 3. The summed E-state index contributed by atoms with van der Waals surface area (Å²) in [5, 5.41) is 12.7. The van der Waals surface area contributed by atoms with Crippen molar-refractivity contribution < 1.29 is 9.47 Å². The predicted octanol–water partition coefficient (Wildman–Crippen LogP) is 4.76. The highest BCUT2D eigenvalue weighted by Gasteiger charge is 2.29. The van der Waals surface area contributed by atoms with Crippen LogP contribution in [0.2, 0.25) is 0 Å². The van der Waals surface area contributed by atoms with Crippen molar-refractivity contribution in [1.82, 2.24) is 0 Å². The van der Waals surface area contributed by atoms with Crippen molar-refractivity contribution in [1.29, 1.82) is 5.26 Å². The average Bonchev–Trinajstić information content (AvgIpc) is 2.72. The lowest BCUT2D eigenvalue weighted by Crippen LogP contribution is -2.19. The fourth-order valence-corrected chi connectivity index (χ4v) is 3.48. The van der Waals surface area contributed by atoms with Crippen LogP contribution in [0.1, 0.15) is 22.7 Å². The van der Waals surface area contributed by atoms with E-state index in [1.165, 1.54) is 0 Å². The van der Waals surface area contributed by atoms with E-state index in [4.69, 9.17) is 14.7 Å². The fourth-order valence-electron chi connectivity index (χ4n) is 3.48. The lowest BCUT2D eigenvalue weighted by Gasteiger charge is -2.32. The van der Waals surface area contributed by atoms with E-state index in [-0.39, 0.29) is 6.04 Å². The first kappa shape index (κ1) is 16.0. The third-order valence-corrected chi connectivity index (χ3v) is 4.75. The molecule has 0 fully saturated rings. The minimum Gasteiger partial charge on any atom is -0.497 e. The number of nitriles is 1. The molecule has 0 amide bonds. The molecule has 26 heavy (non-hydrogen) atoms. The lowest BCUT2D eigenvalue weighted by molar-refractivity contribution is 0.390. The van der Waals surface area contributed by atoms with Crippen LogP contribution in [0, 0.1) is 11.3 Å². The van der Waals surface area contributed by atoms with Crippen LogP contribution in [0.25, 0.3) is 11.1 Å². The van der Waals surface area contributed by atoms with Crippen molar-refractivity contribution in [3.63, 3.8) is 0 Å². The van der Waals surface area contributed by atoms with E-state index >= 15 is 0 Å². The number of rotatable bonds is 3. The zero-order valence-electron chi connectivity index (χ0n) is 14.6. The van der Waals surface area contributed by atoms with Gasteiger partial charge in [0.05, 0.1) is 31.9 Å². The maximum Gasteiger partial charge on any atom is 0.128 e. The maximum absolute atomic E-state index is 9.07. The van der Waals surface area contributed by atoms with Gasteiger partial charge in [-0.25, -0.2) is 0 Å². The highest BCUT2D eigenvalue weighted by molar-refractivity contribution is 5.87. The summed E-state index contributed by atoms with van der Waals surface area (Å²) in [5.74, 6) is 1.53. The summed E-state index contributed by atoms with van der Waals surface area (Å²) in [6.45, 7) is 0. The second kappa shape index (κ2) is 6.45. The first-order valence-electron chi connectivity index (χ1n) is 8.37. The van der Waals surface area contributed by atoms with Gasteiger partial charge in [0.15, 0.2) is 0 Å². The molecule has 3 aromatic rings. The van der Waals surface area contributed by atoms with Gasteiger partial charge >= 0.3 is 0 Å². The van der Waals surface area contributed by atoms with Gasteiger partial charge in [-0.2, -0.15) is 5.26 Å². The molecule has 0 saturated carbocycles. The number of methoxy groups -OCH3 is 2. The van der Waals surface area contributed by atoms with Gasteiger partial charge in [-0.15, -0.1) is 0 Å². The van der Waals surface area contributed by atoms with Gasteiger partial charge in [-0.1, -0.05) is 30.3 Å². The molecule has 0 unspecified atom stereocenters. The Hall–Kier alpha value is -3.45. The lowest BCUT2D eigenvalue weighted by atomic mass is 9.85. The van der Waals surface area contributed by atoms with E-state index < -0.39 is 0 Å². The molecular weight excluding hydrogens is 324 g/mol. The van der Waals surface area contributed by atoms with E-state index in [1.54, 1.807) is 14.2 Å². The van der Waals surface area contributed by atoms with Crippen molar-refractivity contribution in [3.8, 4) is 28.7 Å². The summed E-state index contributed by atoms with van der Waals surface area (Å²) >= 11 is 0. The molecule has 0 radical (unpaired) electrons. The summed E-state index contributed by atoms with van der Waals surface area (Å²) in [4.78, 5) is 0. The summed E-state index contributed by atoms with van der Waals surface area (Å²) in [7, 11) is 3.33. The van der Waals surface area contributed by atoms with E-state index in [2.05, 4.69) is 23.5 Å². The van der Waals surface area contributed by atoms with Crippen molar-refractivity contribution in [3.05, 3.63) is 77.4 Å². The topological polar surface area (TPSA) is 54.3 Å². The van der Waals surface area contributed by atoms with Crippen LogP contribution in [0.5, 0.6) is 11.5 Å². The molecule has 1 N–H and O–H groups in total. The molecule has 1 aliphatic heterocycles. The molecule has 0 saturated heterocycles. The third kappa shape index (κ3) is 2.55. The minimum absolute atomic E-state index is 0.0755. The zero-order valence-corrected chi connectivity index (χ0v) is 14.6. The molecule has 3 aromatic carbocycles. The van der Waals surface area contributed by atoms with Gasteiger partial charge in [0.1, 0.15) is 11.5 Å². The maximum atomic E-state index is 9.07. The Labute approximate surface area is 152 Å². The summed E-state index contributed by atoms with van der Waals surface area (Å²) in [5.41, 5.74) is 6.05. The normalized spacial score (nSPS) is 14.4. The Kier molecular flexibility index (Phi) is 3.98. The number of fused-ring (bicyclic) bond motifs is 3. The van der Waals surface area contributed by atoms with Gasteiger partial charge in [0, 0.05) is 22.9 Å². The Morgan fingerprint density at radius 3 is 2.38 bits per heavy atom. The van der Waals surface area contributed by atoms with Crippen LogP contribution in [0.3, 0.4) is 0 Å². The fraction of sp³-hybridized carbons (Fsp3) is 0.136. The van der Waals surface area contributed by atoms with Gasteiger partial charge in [-0.3, -0.25) is 0 Å². The van der Waals surface area contributed by atoms with Crippen LogP contribution in [-0.2, 0) is 0 Å². The summed E-state index contributed by atoms with van der Waals surface area (Å²) < 4.78 is 11.2. The number of anilines is 1. The first-order valence-corrected chi connectivity index (χ1v) is 8.37. The Bertz CT molecular complexity index is 1000.